The quantitative estimate of drug-likeness (QED) is 0.708. The Balaban J connectivity index is 2.68. The minimum absolute atomic E-state index is 0.409. The number of rotatable bonds is 8. The minimum Gasteiger partial charge on any atom is -0.381 e. The lowest BCUT2D eigenvalue weighted by molar-refractivity contribution is 0.124. The number of hydrogen-bond acceptors (Lipinski definition) is 2. The second-order valence-corrected chi connectivity index (χ2v) is 4.80. The van der Waals surface area contributed by atoms with Crippen molar-refractivity contribution in [2.24, 2.45) is 0 Å². The van der Waals surface area contributed by atoms with Crippen molar-refractivity contribution in [1.82, 2.24) is 5.32 Å². The van der Waals surface area contributed by atoms with E-state index in [2.05, 4.69) is 51.2 Å². The van der Waals surface area contributed by atoms with Gasteiger partial charge in [0.2, 0.25) is 0 Å². The first-order valence-corrected chi connectivity index (χ1v) is 7.07. The standard InChI is InChI=1S/C16H27NO/c1-5-11-18-12-10-16(17-6-2)15-9-7-8-13(3)14(15)4/h7-9,16-17H,5-6,10-12H2,1-4H3. The van der Waals surface area contributed by atoms with Gasteiger partial charge in [0.15, 0.2) is 0 Å². The molecule has 0 saturated heterocycles. The van der Waals surface area contributed by atoms with Crippen LogP contribution >= 0.6 is 0 Å². The summed E-state index contributed by atoms with van der Waals surface area (Å²) in [5.74, 6) is 0. The van der Waals surface area contributed by atoms with E-state index in [0.717, 1.165) is 32.6 Å². The summed E-state index contributed by atoms with van der Waals surface area (Å²) in [4.78, 5) is 0. The zero-order valence-corrected chi connectivity index (χ0v) is 12.3. The van der Waals surface area contributed by atoms with E-state index in [4.69, 9.17) is 4.74 Å². The van der Waals surface area contributed by atoms with Gasteiger partial charge in [0, 0.05) is 19.3 Å². The zero-order valence-electron chi connectivity index (χ0n) is 12.3. The fourth-order valence-electron chi connectivity index (χ4n) is 2.21. The molecule has 0 bridgehead atoms. The van der Waals surface area contributed by atoms with Crippen molar-refractivity contribution in [3.63, 3.8) is 0 Å². The largest absolute Gasteiger partial charge is 0.381 e. The summed E-state index contributed by atoms with van der Waals surface area (Å²) in [6.07, 6.45) is 2.13. The van der Waals surface area contributed by atoms with Crippen molar-refractivity contribution in [2.45, 2.75) is 46.6 Å². The Bertz CT molecular complexity index is 349. The first kappa shape index (κ1) is 15.2. The molecule has 0 aliphatic carbocycles. The van der Waals surface area contributed by atoms with E-state index in [9.17, 15) is 0 Å². The first-order chi connectivity index (χ1) is 8.70. The van der Waals surface area contributed by atoms with Crippen LogP contribution in [0.3, 0.4) is 0 Å². The smallest absolute Gasteiger partial charge is 0.0484 e. The summed E-state index contributed by atoms with van der Waals surface area (Å²) in [5, 5.41) is 3.56. The van der Waals surface area contributed by atoms with Crippen molar-refractivity contribution in [1.29, 1.82) is 0 Å². The van der Waals surface area contributed by atoms with Crippen LogP contribution < -0.4 is 5.32 Å². The predicted molar refractivity (Wildman–Crippen MR) is 78.1 cm³/mol. The molecular weight excluding hydrogens is 222 g/mol. The highest BCUT2D eigenvalue weighted by molar-refractivity contribution is 5.35. The lowest BCUT2D eigenvalue weighted by Crippen LogP contribution is -2.23. The van der Waals surface area contributed by atoms with E-state index >= 15 is 0 Å². The van der Waals surface area contributed by atoms with E-state index < -0.39 is 0 Å². The van der Waals surface area contributed by atoms with Gasteiger partial charge >= 0.3 is 0 Å². The van der Waals surface area contributed by atoms with Gasteiger partial charge in [0.05, 0.1) is 0 Å². The monoisotopic (exact) mass is 249 g/mol. The highest BCUT2D eigenvalue weighted by Gasteiger charge is 2.13. The van der Waals surface area contributed by atoms with Crippen LogP contribution in [0.15, 0.2) is 18.2 Å². The van der Waals surface area contributed by atoms with Crippen molar-refractivity contribution < 1.29 is 4.74 Å². The Morgan fingerprint density at radius 3 is 2.61 bits per heavy atom. The lowest BCUT2D eigenvalue weighted by atomic mass is 9.95. The molecule has 0 amide bonds. The average molecular weight is 249 g/mol. The van der Waals surface area contributed by atoms with Gasteiger partial charge in [0.1, 0.15) is 0 Å². The van der Waals surface area contributed by atoms with E-state index in [1.165, 1.54) is 16.7 Å². The summed E-state index contributed by atoms with van der Waals surface area (Å²) in [7, 11) is 0. The van der Waals surface area contributed by atoms with Gasteiger partial charge in [-0.2, -0.15) is 0 Å². The van der Waals surface area contributed by atoms with E-state index in [1.54, 1.807) is 0 Å². The summed E-state index contributed by atoms with van der Waals surface area (Å²) < 4.78 is 5.61. The summed E-state index contributed by atoms with van der Waals surface area (Å²) in [6, 6.07) is 6.96. The lowest BCUT2D eigenvalue weighted by Gasteiger charge is -2.21. The van der Waals surface area contributed by atoms with E-state index in [1.807, 2.05) is 0 Å². The fourth-order valence-corrected chi connectivity index (χ4v) is 2.21. The highest BCUT2D eigenvalue weighted by Crippen LogP contribution is 2.23. The van der Waals surface area contributed by atoms with Crippen molar-refractivity contribution in [3.8, 4) is 0 Å². The maximum atomic E-state index is 5.61. The van der Waals surface area contributed by atoms with Gasteiger partial charge in [-0.25, -0.2) is 0 Å². The van der Waals surface area contributed by atoms with Crippen molar-refractivity contribution in [2.75, 3.05) is 19.8 Å². The zero-order chi connectivity index (χ0) is 13.4. The normalized spacial score (nSPS) is 12.7. The molecule has 0 fully saturated rings. The topological polar surface area (TPSA) is 21.3 Å². The minimum atomic E-state index is 0.409. The third-order valence-electron chi connectivity index (χ3n) is 3.37. The summed E-state index contributed by atoms with van der Waals surface area (Å²) >= 11 is 0. The van der Waals surface area contributed by atoms with Crippen LogP contribution in [-0.2, 0) is 4.74 Å². The molecule has 1 N–H and O–H groups in total. The third kappa shape index (κ3) is 4.43. The Morgan fingerprint density at radius 1 is 1.17 bits per heavy atom. The molecule has 102 valence electrons. The van der Waals surface area contributed by atoms with Crippen LogP contribution in [0, 0.1) is 13.8 Å². The van der Waals surface area contributed by atoms with E-state index in [-0.39, 0.29) is 0 Å². The number of benzene rings is 1. The fraction of sp³-hybridized carbons (Fsp3) is 0.625. The number of nitrogens with one attached hydrogen (secondary N) is 1. The van der Waals surface area contributed by atoms with Gasteiger partial charge in [-0.05, 0) is 49.9 Å². The summed E-state index contributed by atoms with van der Waals surface area (Å²) in [5.41, 5.74) is 4.18. The molecule has 0 saturated carbocycles. The molecule has 2 heteroatoms. The molecule has 0 aliphatic heterocycles. The molecule has 1 rings (SSSR count). The van der Waals surface area contributed by atoms with Gasteiger partial charge in [-0.1, -0.05) is 32.0 Å². The molecule has 0 heterocycles. The van der Waals surface area contributed by atoms with Gasteiger partial charge < -0.3 is 10.1 Å². The third-order valence-corrected chi connectivity index (χ3v) is 3.37. The molecule has 1 unspecified atom stereocenters. The average Bonchev–Trinajstić information content (AvgIpc) is 2.37. The maximum Gasteiger partial charge on any atom is 0.0484 e. The molecule has 1 aromatic carbocycles. The molecule has 0 aliphatic rings. The molecule has 0 aromatic heterocycles. The maximum absolute atomic E-state index is 5.61. The van der Waals surface area contributed by atoms with Crippen LogP contribution in [0.4, 0.5) is 0 Å². The number of hydrogen-bond donors (Lipinski definition) is 1. The number of ether oxygens (including phenoxy) is 1. The van der Waals surface area contributed by atoms with Crippen LogP contribution in [0.1, 0.15) is 49.4 Å². The predicted octanol–water partition coefficient (Wildman–Crippen LogP) is 3.77. The van der Waals surface area contributed by atoms with Crippen LogP contribution in [0.25, 0.3) is 0 Å². The van der Waals surface area contributed by atoms with Crippen LogP contribution in [-0.4, -0.2) is 19.8 Å². The molecule has 1 aromatic rings. The van der Waals surface area contributed by atoms with Gasteiger partial charge in [-0.3, -0.25) is 0 Å². The molecule has 2 nitrogen and oxygen atoms in total. The van der Waals surface area contributed by atoms with E-state index in [0.29, 0.717) is 6.04 Å². The first-order valence-electron chi connectivity index (χ1n) is 7.07. The second kappa shape index (κ2) is 8.28. The Kier molecular flexibility index (Phi) is 6.99. The molecule has 0 spiro atoms. The second-order valence-electron chi connectivity index (χ2n) is 4.80. The Morgan fingerprint density at radius 2 is 1.94 bits per heavy atom. The van der Waals surface area contributed by atoms with Crippen molar-refractivity contribution in [3.05, 3.63) is 34.9 Å². The van der Waals surface area contributed by atoms with Crippen LogP contribution in [0.5, 0.6) is 0 Å². The number of aryl methyl sites for hydroxylation is 1. The molecular formula is C16H27NO. The molecule has 1 atom stereocenters. The highest BCUT2D eigenvalue weighted by atomic mass is 16.5. The summed E-state index contributed by atoms with van der Waals surface area (Å²) in [6.45, 7) is 11.4. The Hall–Kier alpha value is -0.860. The van der Waals surface area contributed by atoms with Gasteiger partial charge in [0.25, 0.3) is 0 Å². The SMILES string of the molecule is CCCOCCC(NCC)c1cccc(C)c1C. The van der Waals surface area contributed by atoms with Crippen molar-refractivity contribution >= 4 is 0 Å². The Labute approximate surface area is 112 Å². The van der Waals surface area contributed by atoms with Crippen LogP contribution in [0.2, 0.25) is 0 Å². The van der Waals surface area contributed by atoms with Gasteiger partial charge in [-0.15, -0.1) is 0 Å². The molecule has 0 radical (unpaired) electrons. The molecule has 18 heavy (non-hydrogen) atoms.